The van der Waals surface area contributed by atoms with Crippen molar-refractivity contribution in [1.82, 2.24) is 0 Å². The molecule has 2 N–H and O–H groups in total. The molecule has 0 fully saturated rings. The standard InChI is InChI=1S/C20H37ClO4/c1-16(2)10-8-11-18(23)12-9-15-20(21,17(3)22)14-7-5-4-6-13-19(24)25/h16,18,23H,4-15H2,1-3H3,(H,24,25). The van der Waals surface area contributed by atoms with Gasteiger partial charge in [0.15, 0.2) is 5.78 Å². The van der Waals surface area contributed by atoms with Crippen molar-refractivity contribution in [2.75, 3.05) is 0 Å². The molecule has 2 unspecified atom stereocenters. The number of hydrogen-bond donors (Lipinski definition) is 2. The first-order valence-corrected chi connectivity index (χ1v) is 10.1. The van der Waals surface area contributed by atoms with E-state index < -0.39 is 10.8 Å². The highest BCUT2D eigenvalue weighted by molar-refractivity contribution is 6.34. The van der Waals surface area contributed by atoms with Gasteiger partial charge in [-0.1, -0.05) is 46.0 Å². The van der Waals surface area contributed by atoms with Gasteiger partial charge in [-0.15, -0.1) is 11.6 Å². The van der Waals surface area contributed by atoms with E-state index in [1.54, 1.807) is 0 Å². The van der Waals surface area contributed by atoms with Gasteiger partial charge in [-0.3, -0.25) is 9.59 Å². The number of aliphatic carboxylic acids is 1. The zero-order valence-electron chi connectivity index (χ0n) is 16.2. The molecule has 0 aliphatic rings. The highest BCUT2D eigenvalue weighted by atomic mass is 35.5. The van der Waals surface area contributed by atoms with E-state index in [2.05, 4.69) is 13.8 Å². The number of hydrogen-bond acceptors (Lipinski definition) is 3. The fraction of sp³-hybridized carbons (Fsp3) is 0.900. The summed E-state index contributed by atoms with van der Waals surface area (Å²) in [6.07, 6.45) is 8.81. The van der Waals surface area contributed by atoms with Crippen LogP contribution in [0.15, 0.2) is 0 Å². The Morgan fingerprint density at radius 2 is 1.48 bits per heavy atom. The number of carbonyl (C=O) groups is 2. The number of carboxylic acid groups (broad SMARTS) is 1. The highest BCUT2D eigenvalue weighted by Crippen LogP contribution is 2.31. The van der Waals surface area contributed by atoms with E-state index in [0.717, 1.165) is 44.9 Å². The normalized spacial score (nSPS) is 15.1. The van der Waals surface area contributed by atoms with Crippen LogP contribution < -0.4 is 0 Å². The minimum absolute atomic E-state index is 0.00556. The number of aliphatic hydroxyl groups is 1. The molecule has 0 radical (unpaired) electrons. The number of rotatable bonds is 16. The predicted octanol–water partition coefficient (Wildman–Crippen LogP) is 5.34. The minimum atomic E-state index is -0.829. The number of carboxylic acids is 1. The van der Waals surface area contributed by atoms with E-state index >= 15 is 0 Å². The van der Waals surface area contributed by atoms with Crippen LogP contribution in [-0.4, -0.2) is 32.9 Å². The number of ketones is 1. The van der Waals surface area contributed by atoms with Gasteiger partial charge in [0, 0.05) is 6.42 Å². The molecule has 5 heteroatoms. The quantitative estimate of drug-likeness (QED) is 0.282. The van der Waals surface area contributed by atoms with Gasteiger partial charge in [0.05, 0.1) is 6.10 Å². The monoisotopic (exact) mass is 376 g/mol. The molecule has 0 bridgehead atoms. The predicted molar refractivity (Wildman–Crippen MR) is 103 cm³/mol. The number of Topliss-reactive ketones (excluding diaryl/α,β-unsaturated/α-hetero) is 1. The van der Waals surface area contributed by atoms with Crippen molar-refractivity contribution in [2.24, 2.45) is 5.92 Å². The van der Waals surface area contributed by atoms with Crippen molar-refractivity contribution in [3.05, 3.63) is 0 Å². The van der Waals surface area contributed by atoms with Crippen LogP contribution in [0.3, 0.4) is 0 Å². The van der Waals surface area contributed by atoms with Crippen LogP contribution in [0, 0.1) is 5.92 Å². The fourth-order valence-corrected chi connectivity index (χ4v) is 3.30. The topological polar surface area (TPSA) is 74.6 Å². The SMILES string of the molecule is CC(=O)C(Cl)(CCCCCCC(=O)O)CCCC(O)CCCC(C)C. The van der Waals surface area contributed by atoms with E-state index in [0.29, 0.717) is 31.6 Å². The van der Waals surface area contributed by atoms with Crippen LogP contribution in [0.1, 0.15) is 97.8 Å². The Morgan fingerprint density at radius 1 is 0.920 bits per heavy atom. The lowest BCUT2D eigenvalue weighted by atomic mass is 9.90. The molecule has 148 valence electrons. The van der Waals surface area contributed by atoms with Crippen LogP contribution in [0.4, 0.5) is 0 Å². The second kappa shape index (κ2) is 13.6. The lowest BCUT2D eigenvalue weighted by Gasteiger charge is -2.24. The van der Waals surface area contributed by atoms with Crippen molar-refractivity contribution >= 4 is 23.4 Å². The molecule has 0 saturated carbocycles. The molecule has 0 heterocycles. The van der Waals surface area contributed by atoms with Gasteiger partial charge in [-0.25, -0.2) is 0 Å². The molecule has 0 amide bonds. The average Bonchev–Trinajstić information content (AvgIpc) is 2.50. The number of alkyl halides is 1. The number of halogens is 1. The Balaban J connectivity index is 4.01. The van der Waals surface area contributed by atoms with E-state index in [1.807, 2.05) is 0 Å². The molecule has 0 aromatic carbocycles. The van der Waals surface area contributed by atoms with Crippen LogP contribution in [-0.2, 0) is 9.59 Å². The summed E-state index contributed by atoms with van der Waals surface area (Å²) in [5.41, 5.74) is 0. The van der Waals surface area contributed by atoms with Crippen LogP contribution in [0.5, 0.6) is 0 Å². The Morgan fingerprint density at radius 3 is 2.04 bits per heavy atom. The Hall–Kier alpha value is -0.610. The largest absolute Gasteiger partial charge is 0.481 e. The molecule has 25 heavy (non-hydrogen) atoms. The van der Waals surface area contributed by atoms with E-state index in [9.17, 15) is 14.7 Å². The van der Waals surface area contributed by atoms with Crippen LogP contribution in [0.2, 0.25) is 0 Å². The van der Waals surface area contributed by atoms with E-state index in [1.165, 1.54) is 6.92 Å². The van der Waals surface area contributed by atoms with Gasteiger partial charge in [0.2, 0.25) is 0 Å². The molecular weight excluding hydrogens is 340 g/mol. The van der Waals surface area contributed by atoms with Crippen molar-refractivity contribution in [3.63, 3.8) is 0 Å². The maximum atomic E-state index is 11.9. The first-order chi connectivity index (χ1) is 11.7. The van der Waals surface area contributed by atoms with Crippen molar-refractivity contribution in [1.29, 1.82) is 0 Å². The second-order valence-electron chi connectivity index (χ2n) is 7.70. The van der Waals surface area contributed by atoms with E-state index in [4.69, 9.17) is 16.7 Å². The van der Waals surface area contributed by atoms with Crippen molar-refractivity contribution in [3.8, 4) is 0 Å². The van der Waals surface area contributed by atoms with E-state index in [-0.39, 0.29) is 18.3 Å². The number of unbranched alkanes of at least 4 members (excludes halogenated alkanes) is 3. The van der Waals surface area contributed by atoms with Crippen LogP contribution >= 0.6 is 11.6 Å². The molecule has 0 aromatic rings. The third kappa shape index (κ3) is 13.3. The molecule has 0 spiro atoms. The van der Waals surface area contributed by atoms with Crippen molar-refractivity contribution < 1.29 is 19.8 Å². The Labute approximate surface area is 158 Å². The van der Waals surface area contributed by atoms with Gasteiger partial charge in [-0.05, 0) is 51.4 Å². The molecular formula is C20H37ClO4. The van der Waals surface area contributed by atoms with Gasteiger partial charge in [0.1, 0.15) is 4.87 Å². The van der Waals surface area contributed by atoms with Gasteiger partial charge >= 0.3 is 5.97 Å². The van der Waals surface area contributed by atoms with Gasteiger partial charge in [-0.2, -0.15) is 0 Å². The summed E-state index contributed by atoms with van der Waals surface area (Å²) in [6.45, 7) is 5.90. The van der Waals surface area contributed by atoms with Crippen molar-refractivity contribution in [2.45, 2.75) is 109 Å². The number of aliphatic hydroxyl groups excluding tert-OH is 1. The molecule has 0 rings (SSSR count). The molecule has 0 aliphatic heterocycles. The zero-order chi connectivity index (χ0) is 19.3. The van der Waals surface area contributed by atoms with Crippen LogP contribution in [0.25, 0.3) is 0 Å². The highest BCUT2D eigenvalue weighted by Gasteiger charge is 2.31. The third-order valence-corrected chi connectivity index (χ3v) is 5.42. The Kier molecular flexibility index (Phi) is 13.2. The summed E-state index contributed by atoms with van der Waals surface area (Å²) in [7, 11) is 0. The van der Waals surface area contributed by atoms with Gasteiger partial charge in [0.25, 0.3) is 0 Å². The Bertz CT molecular complexity index is 384. The summed E-state index contributed by atoms with van der Waals surface area (Å²) in [6, 6.07) is 0. The first-order valence-electron chi connectivity index (χ1n) is 9.77. The maximum absolute atomic E-state index is 11.9. The fourth-order valence-electron chi connectivity index (χ4n) is 3.04. The summed E-state index contributed by atoms with van der Waals surface area (Å²) >= 11 is 6.54. The van der Waals surface area contributed by atoms with Gasteiger partial charge < -0.3 is 10.2 Å². The average molecular weight is 377 g/mol. The molecule has 0 aliphatic carbocycles. The summed E-state index contributed by atoms with van der Waals surface area (Å²) in [5.74, 6) is -0.104. The molecule has 0 aromatic heterocycles. The second-order valence-corrected chi connectivity index (χ2v) is 8.42. The lowest BCUT2D eigenvalue weighted by Crippen LogP contribution is -2.30. The molecule has 0 saturated heterocycles. The molecule has 2 atom stereocenters. The summed E-state index contributed by atoms with van der Waals surface area (Å²) in [5, 5.41) is 18.6. The first kappa shape index (κ1) is 24.4. The summed E-state index contributed by atoms with van der Waals surface area (Å²) in [4.78, 5) is 21.6. The maximum Gasteiger partial charge on any atom is 0.303 e. The summed E-state index contributed by atoms with van der Waals surface area (Å²) < 4.78 is 0. The lowest BCUT2D eigenvalue weighted by molar-refractivity contribution is -0.137. The smallest absolute Gasteiger partial charge is 0.303 e. The minimum Gasteiger partial charge on any atom is -0.481 e. The number of carbonyl (C=O) groups excluding carboxylic acids is 1. The molecule has 4 nitrogen and oxygen atoms in total. The third-order valence-electron chi connectivity index (χ3n) is 4.77. The zero-order valence-corrected chi connectivity index (χ0v) is 17.0.